The Morgan fingerprint density at radius 3 is 1.71 bits per heavy atom. The number of hydrogen-bond acceptors (Lipinski definition) is 4. The van der Waals surface area contributed by atoms with Gasteiger partial charge in [-0.2, -0.15) is 0 Å². The summed E-state index contributed by atoms with van der Waals surface area (Å²) in [4.78, 5) is 10.6. The Morgan fingerprint density at radius 2 is 1.29 bits per heavy atom. The number of hydrogen-bond donors (Lipinski definition) is 3. The van der Waals surface area contributed by atoms with E-state index in [0.29, 0.717) is 25.9 Å². The van der Waals surface area contributed by atoms with Gasteiger partial charge in [-0.3, -0.25) is 0 Å². The fraction of sp³-hybridized carbons (Fsp3) is 0.950. The van der Waals surface area contributed by atoms with Gasteiger partial charge in [-0.05, 0) is 32.2 Å². The van der Waals surface area contributed by atoms with Crippen LogP contribution in [0.4, 0.5) is 4.79 Å². The van der Waals surface area contributed by atoms with Crippen molar-refractivity contribution in [3.05, 3.63) is 0 Å². The van der Waals surface area contributed by atoms with Crippen LogP contribution < -0.4 is 11.1 Å². The van der Waals surface area contributed by atoms with Gasteiger partial charge < -0.3 is 16.2 Å². The summed E-state index contributed by atoms with van der Waals surface area (Å²) in [6.07, 6.45) is 14.3. The average Bonchev–Trinajstić information content (AvgIpc) is 2.65. The van der Waals surface area contributed by atoms with Crippen molar-refractivity contribution in [2.45, 2.75) is 95.9 Å². The number of amides is 1. The third-order valence-corrected chi connectivity index (χ3v) is 7.49. The van der Waals surface area contributed by atoms with E-state index in [1.165, 1.54) is 55.7 Å². The lowest BCUT2D eigenvalue weighted by Gasteiger charge is -2.31. The average molecular weight is 420 g/mol. The van der Waals surface area contributed by atoms with Crippen LogP contribution in [0.1, 0.15) is 89.9 Å². The van der Waals surface area contributed by atoms with Gasteiger partial charge >= 0.3 is 6.09 Å². The number of nitrogens with zero attached hydrogens (tertiary/aromatic N) is 1. The Balaban J connectivity index is 1.97. The summed E-state index contributed by atoms with van der Waals surface area (Å²) in [7, 11) is -3.20. The van der Waals surface area contributed by atoms with Crippen molar-refractivity contribution in [1.29, 1.82) is 0 Å². The Hall–Kier alpha value is -0.860. The Kier molecular flexibility index (Phi) is 13.5. The second kappa shape index (κ2) is 15.0. The topological polar surface area (TPSA) is 113 Å². The minimum Gasteiger partial charge on any atom is -0.465 e. The molecule has 0 unspecified atom stereocenters. The van der Waals surface area contributed by atoms with Crippen molar-refractivity contribution in [2.24, 2.45) is 5.73 Å². The first kappa shape index (κ1) is 25.2. The molecule has 0 aromatic carbocycles. The van der Waals surface area contributed by atoms with E-state index in [9.17, 15) is 13.2 Å². The highest BCUT2D eigenvalue weighted by molar-refractivity contribution is 7.89. The third-order valence-electron chi connectivity index (χ3n) is 5.53. The quantitative estimate of drug-likeness (QED) is 0.330. The van der Waals surface area contributed by atoms with E-state index in [2.05, 4.69) is 5.32 Å². The number of rotatable bonds is 16. The van der Waals surface area contributed by atoms with E-state index in [4.69, 9.17) is 10.8 Å². The molecular formula is C20H41N3O4S. The van der Waals surface area contributed by atoms with Gasteiger partial charge in [-0.15, -0.1) is 0 Å². The molecule has 0 aromatic heterocycles. The van der Waals surface area contributed by atoms with Gasteiger partial charge in [0, 0.05) is 19.1 Å². The zero-order chi connectivity index (χ0) is 20.7. The van der Waals surface area contributed by atoms with Gasteiger partial charge in [0.2, 0.25) is 10.0 Å². The van der Waals surface area contributed by atoms with Crippen LogP contribution in [-0.2, 0) is 10.0 Å². The predicted octanol–water partition coefficient (Wildman–Crippen LogP) is 3.69. The molecule has 1 aliphatic rings. The monoisotopic (exact) mass is 419 g/mol. The van der Waals surface area contributed by atoms with E-state index < -0.39 is 16.1 Å². The zero-order valence-electron chi connectivity index (χ0n) is 17.4. The summed E-state index contributed by atoms with van der Waals surface area (Å²) in [5, 5.41) is 11.2. The van der Waals surface area contributed by atoms with E-state index >= 15 is 0 Å². The second-order valence-corrected chi connectivity index (χ2v) is 10.1. The lowest BCUT2D eigenvalue weighted by molar-refractivity contribution is 0.183. The summed E-state index contributed by atoms with van der Waals surface area (Å²) in [5.74, 6) is 0.215. The molecule has 0 spiro atoms. The van der Waals surface area contributed by atoms with Gasteiger partial charge in [0.15, 0.2) is 0 Å². The van der Waals surface area contributed by atoms with Gasteiger partial charge in [-0.25, -0.2) is 17.5 Å². The van der Waals surface area contributed by atoms with Gasteiger partial charge in [0.25, 0.3) is 0 Å². The zero-order valence-corrected chi connectivity index (χ0v) is 18.2. The van der Waals surface area contributed by atoms with E-state index in [0.717, 1.165) is 32.2 Å². The molecular weight excluding hydrogens is 378 g/mol. The summed E-state index contributed by atoms with van der Waals surface area (Å²) in [6, 6.07) is -0.130. The maximum Gasteiger partial charge on any atom is 0.404 e. The number of carbonyl (C=O) groups is 1. The van der Waals surface area contributed by atoms with E-state index in [-0.39, 0.29) is 11.8 Å². The highest BCUT2D eigenvalue weighted by Gasteiger charge is 2.28. The molecule has 4 N–H and O–H groups in total. The summed E-state index contributed by atoms with van der Waals surface area (Å²) in [6.45, 7) is 1.64. The Bertz CT molecular complexity index is 506. The third kappa shape index (κ3) is 11.9. The molecule has 1 saturated heterocycles. The maximum absolute atomic E-state index is 12.4. The molecule has 7 nitrogen and oxygen atoms in total. The molecule has 8 heteroatoms. The van der Waals surface area contributed by atoms with Gasteiger partial charge in [0.1, 0.15) is 0 Å². The van der Waals surface area contributed by atoms with Crippen LogP contribution in [-0.4, -0.2) is 55.4 Å². The van der Waals surface area contributed by atoms with Crippen molar-refractivity contribution in [3.8, 4) is 0 Å². The van der Waals surface area contributed by atoms with Crippen LogP contribution in [0.2, 0.25) is 0 Å². The molecule has 1 amide bonds. The van der Waals surface area contributed by atoms with Crippen molar-refractivity contribution >= 4 is 16.1 Å². The first-order chi connectivity index (χ1) is 13.5. The molecule has 28 heavy (non-hydrogen) atoms. The van der Waals surface area contributed by atoms with Crippen LogP contribution in [0.15, 0.2) is 0 Å². The van der Waals surface area contributed by atoms with Crippen LogP contribution in [0.5, 0.6) is 0 Å². The molecule has 0 bridgehead atoms. The second-order valence-electron chi connectivity index (χ2n) is 7.97. The fourth-order valence-corrected chi connectivity index (χ4v) is 5.37. The maximum atomic E-state index is 12.4. The number of sulfonamides is 1. The van der Waals surface area contributed by atoms with Crippen LogP contribution in [0.3, 0.4) is 0 Å². The highest BCUT2D eigenvalue weighted by Crippen LogP contribution is 2.17. The Labute approximate surface area is 171 Å². The number of nitrogens with one attached hydrogen (secondary N) is 1. The lowest BCUT2D eigenvalue weighted by atomic mass is 10.1. The molecule has 1 fully saturated rings. The summed E-state index contributed by atoms with van der Waals surface area (Å²) < 4.78 is 26.3. The molecule has 0 atom stereocenters. The fourth-order valence-electron chi connectivity index (χ4n) is 3.78. The number of nitrogens with two attached hydrogens (primary N) is 1. The van der Waals surface area contributed by atoms with E-state index in [1.54, 1.807) is 0 Å². The van der Waals surface area contributed by atoms with Crippen LogP contribution >= 0.6 is 0 Å². The molecule has 1 rings (SSSR count). The van der Waals surface area contributed by atoms with E-state index in [1.807, 2.05) is 0 Å². The van der Waals surface area contributed by atoms with Crippen LogP contribution in [0.25, 0.3) is 0 Å². The molecule has 166 valence electrons. The molecule has 1 heterocycles. The summed E-state index contributed by atoms with van der Waals surface area (Å²) >= 11 is 0. The SMILES string of the molecule is NCCCCCCCCCCCCCCS(=O)(=O)N1CCC(NC(=O)O)CC1. The first-order valence-electron chi connectivity index (χ1n) is 11.1. The molecule has 1 aliphatic heterocycles. The van der Waals surface area contributed by atoms with Crippen molar-refractivity contribution in [2.75, 3.05) is 25.4 Å². The minimum atomic E-state index is -3.20. The van der Waals surface area contributed by atoms with Gasteiger partial charge in [-0.1, -0.05) is 64.2 Å². The predicted molar refractivity (Wildman–Crippen MR) is 114 cm³/mol. The largest absolute Gasteiger partial charge is 0.465 e. The van der Waals surface area contributed by atoms with Crippen molar-refractivity contribution in [1.82, 2.24) is 9.62 Å². The van der Waals surface area contributed by atoms with Crippen molar-refractivity contribution in [3.63, 3.8) is 0 Å². The minimum absolute atomic E-state index is 0.130. The molecule has 0 radical (unpaired) electrons. The molecule has 0 aliphatic carbocycles. The standard InChI is InChI=1S/C20H41N3O4S/c21-15-11-9-7-5-3-1-2-4-6-8-10-12-18-28(26,27)23-16-13-19(14-17-23)22-20(24)25/h19,22H,1-18,21H2,(H,24,25). The van der Waals surface area contributed by atoms with Gasteiger partial charge in [0.05, 0.1) is 5.75 Å². The first-order valence-corrected chi connectivity index (χ1v) is 12.7. The number of unbranched alkanes of at least 4 members (excludes halogenated alkanes) is 11. The number of carboxylic acid groups (broad SMARTS) is 1. The molecule has 0 aromatic rings. The molecule has 0 saturated carbocycles. The van der Waals surface area contributed by atoms with Crippen molar-refractivity contribution < 1.29 is 18.3 Å². The van der Waals surface area contributed by atoms with Crippen LogP contribution in [0, 0.1) is 0 Å². The lowest BCUT2D eigenvalue weighted by Crippen LogP contribution is -2.46. The number of piperidine rings is 1. The normalized spacial score (nSPS) is 16.3. The summed E-state index contributed by atoms with van der Waals surface area (Å²) in [5.41, 5.74) is 5.48. The Morgan fingerprint density at radius 1 is 0.857 bits per heavy atom. The smallest absolute Gasteiger partial charge is 0.404 e. The highest BCUT2D eigenvalue weighted by atomic mass is 32.2.